The summed E-state index contributed by atoms with van der Waals surface area (Å²) in [6.45, 7) is 9.27. The van der Waals surface area contributed by atoms with Gasteiger partial charge in [0.25, 0.3) is 9.04 Å². The summed E-state index contributed by atoms with van der Waals surface area (Å²) < 4.78 is 10.2. The van der Waals surface area contributed by atoms with Crippen LogP contribution in [0.15, 0.2) is 97.5 Å². The molecule has 1 N–H and O–H groups in total. The van der Waals surface area contributed by atoms with Crippen LogP contribution in [-0.2, 0) is 16.9 Å². The Morgan fingerprint density at radius 2 is 1.59 bits per heavy atom. The Labute approximate surface area is 264 Å². The second kappa shape index (κ2) is 12.4. The number of nitrogens with one attached hydrogen (secondary N) is 1. The van der Waals surface area contributed by atoms with Crippen LogP contribution in [0.2, 0.25) is 5.02 Å². The number of aromatic nitrogens is 6. The predicted molar refractivity (Wildman–Crippen MR) is 179 cm³/mol. The number of fused-ring (bicyclic) bond motifs is 1. The second-order valence-corrected chi connectivity index (χ2v) is 14.5. The van der Waals surface area contributed by atoms with Crippen molar-refractivity contribution in [2.75, 3.05) is 11.9 Å². The number of nitrogens with zero attached hydrogens (tertiary/aromatic N) is 6. The van der Waals surface area contributed by atoms with Gasteiger partial charge >= 0.3 is 0 Å². The molecular weight excluding hydrogens is 586 g/mol. The van der Waals surface area contributed by atoms with Crippen molar-refractivity contribution in [1.82, 2.24) is 29.4 Å². The third-order valence-corrected chi connectivity index (χ3v) is 9.76. The molecular formula is C34H35ClN7OSi. The molecule has 0 aliphatic rings. The summed E-state index contributed by atoms with van der Waals surface area (Å²) in [4.78, 5) is 9.79. The summed E-state index contributed by atoms with van der Waals surface area (Å²) in [6.07, 6.45) is 5.59. The predicted octanol–water partition coefficient (Wildman–Crippen LogP) is 5.77. The highest BCUT2D eigenvalue weighted by Crippen LogP contribution is 2.27. The Morgan fingerprint density at radius 3 is 2.25 bits per heavy atom. The molecule has 0 saturated heterocycles. The van der Waals surface area contributed by atoms with E-state index in [-0.39, 0.29) is 11.5 Å². The molecule has 3 aromatic heterocycles. The van der Waals surface area contributed by atoms with E-state index in [2.05, 4.69) is 86.6 Å². The van der Waals surface area contributed by atoms with Gasteiger partial charge in [0.15, 0.2) is 5.65 Å². The molecule has 0 aliphatic heterocycles. The molecule has 6 rings (SSSR count). The number of benzene rings is 3. The molecule has 3 aromatic carbocycles. The maximum absolute atomic E-state index is 6.67. The first-order chi connectivity index (χ1) is 21.1. The number of hydrogen-bond donors (Lipinski definition) is 1. The van der Waals surface area contributed by atoms with E-state index >= 15 is 0 Å². The van der Waals surface area contributed by atoms with Gasteiger partial charge in [-0.15, -0.1) is 5.10 Å². The smallest absolute Gasteiger partial charge is 0.282 e. The van der Waals surface area contributed by atoms with E-state index in [1.807, 2.05) is 49.8 Å². The van der Waals surface area contributed by atoms with Crippen molar-refractivity contribution in [3.8, 4) is 22.5 Å². The first-order valence-corrected chi connectivity index (χ1v) is 16.4. The molecule has 6 aromatic rings. The van der Waals surface area contributed by atoms with Crippen LogP contribution in [0.5, 0.6) is 0 Å². The topological polar surface area (TPSA) is 82.2 Å². The summed E-state index contributed by atoms with van der Waals surface area (Å²) in [5.74, 6) is 0.504. The van der Waals surface area contributed by atoms with Crippen LogP contribution in [0.4, 0.5) is 5.95 Å². The standard InChI is InChI=1S/C34H35ClN7OSi/c1-23(22-43-44(28-9-7-6-8-10-28)29-17-13-26(14-18-29)34(2,3)4)37-33-39-32-31(25-19-36-41(5)20-25)38-30(21-42(32)40-33)24-11-15-27(35)16-12-24/h6-21,23H,22H2,1-5H3,(H,37,40). The van der Waals surface area contributed by atoms with E-state index in [1.54, 1.807) is 15.4 Å². The van der Waals surface area contributed by atoms with Crippen LogP contribution >= 0.6 is 11.6 Å². The summed E-state index contributed by atoms with van der Waals surface area (Å²) in [5.41, 5.74) is 5.29. The highest BCUT2D eigenvalue weighted by atomic mass is 35.5. The summed E-state index contributed by atoms with van der Waals surface area (Å²) >= 11 is 6.14. The van der Waals surface area contributed by atoms with Gasteiger partial charge in [0.2, 0.25) is 5.95 Å². The van der Waals surface area contributed by atoms with E-state index in [4.69, 9.17) is 31.1 Å². The van der Waals surface area contributed by atoms with E-state index in [9.17, 15) is 0 Å². The molecule has 0 spiro atoms. The number of aryl methyl sites for hydroxylation is 1. The van der Waals surface area contributed by atoms with Crippen LogP contribution in [0, 0.1) is 0 Å². The summed E-state index contributed by atoms with van der Waals surface area (Å²) in [6, 6.07) is 26.9. The fourth-order valence-electron chi connectivity index (χ4n) is 4.96. The van der Waals surface area contributed by atoms with Gasteiger partial charge in [-0.25, -0.2) is 9.50 Å². The van der Waals surface area contributed by atoms with Gasteiger partial charge in [-0.3, -0.25) is 4.68 Å². The number of halogens is 1. The number of rotatable bonds is 9. The van der Waals surface area contributed by atoms with Gasteiger partial charge in [-0.2, -0.15) is 10.1 Å². The maximum atomic E-state index is 6.67. The van der Waals surface area contributed by atoms with Crippen molar-refractivity contribution in [2.45, 2.75) is 39.2 Å². The average Bonchev–Trinajstić information content (AvgIpc) is 3.63. The fourth-order valence-corrected chi connectivity index (χ4v) is 7.14. The molecule has 223 valence electrons. The fraction of sp³-hybridized carbons (Fsp3) is 0.235. The zero-order valence-corrected chi connectivity index (χ0v) is 27.2. The minimum absolute atomic E-state index is 0.0458. The van der Waals surface area contributed by atoms with Crippen molar-refractivity contribution in [2.24, 2.45) is 7.05 Å². The molecule has 1 unspecified atom stereocenters. The molecule has 44 heavy (non-hydrogen) atoms. The Balaban J connectivity index is 1.25. The zero-order chi connectivity index (χ0) is 30.8. The van der Waals surface area contributed by atoms with Crippen molar-refractivity contribution in [3.63, 3.8) is 0 Å². The molecule has 3 heterocycles. The lowest BCUT2D eigenvalue weighted by Crippen LogP contribution is -2.46. The van der Waals surface area contributed by atoms with Crippen LogP contribution in [0.1, 0.15) is 33.3 Å². The molecule has 0 bridgehead atoms. The van der Waals surface area contributed by atoms with Gasteiger partial charge in [0.1, 0.15) is 5.69 Å². The molecule has 0 fully saturated rings. The van der Waals surface area contributed by atoms with Gasteiger partial charge in [0, 0.05) is 35.4 Å². The van der Waals surface area contributed by atoms with Crippen LogP contribution in [-0.4, -0.2) is 51.1 Å². The Morgan fingerprint density at radius 1 is 0.886 bits per heavy atom. The first kappa shape index (κ1) is 29.7. The summed E-state index contributed by atoms with van der Waals surface area (Å²) in [7, 11) is 0.416. The van der Waals surface area contributed by atoms with Gasteiger partial charge in [-0.05, 0) is 40.4 Å². The zero-order valence-electron chi connectivity index (χ0n) is 25.5. The molecule has 0 amide bonds. The minimum Gasteiger partial charge on any atom is -0.405 e. The van der Waals surface area contributed by atoms with E-state index < -0.39 is 9.04 Å². The second-order valence-electron chi connectivity index (χ2n) is 12.0. The number of hydrogen-bond acceptors (Lipinski definition) is 6. The Bertz CT molecular complexity index is 1860. The molecule has 1 radical (unpaired) electrons. The lowest BCUT2D eigenvalue weighted by atomic mass is 9.87. The first-order valence-electron chi connectivity index (χ1n) is 14.6. The van der Waals surface area contributed by atoms with Gasteiger partial charge in [-0.1, -0.05) is 99.1 Å². The summed E-state index contributed by atoms with van der Waals surface area (Å²) in [5, 5.41) is 15.7. The molecule has 1 atom stereocenters. The molecule has 8 nitrogen and oxygen atoms in total. The average molecular weight is 621 g/mol. The molecule has 10 heteroatoms. The Kier molecular flexibility index (Phi) is 8.35. The largest absolute Gasteiger partial charge is 0.405 e. The number of anilines is 1. The van der Waals surface area contributed by atoms with Gasteiger partial charge < -0.3 is 9.74 Å². The highest BCUT2D eigenvalue weighted by Gasteiger charge is 2.23. The van der Waals surface area contributed by atoms with E-state index in [1.165, 1.54) is 15.9 Å². The van der Waals surface area contributed by atoms with E-state index in [0.29, 0.717) is 28.9 Å². The third-order valence-electron chi connectivity index (χ3n) is 7.34. The Hall–Kier alpha value is -4.31. The normalized spacial score (nSPS) is 12.6. The molecule has 0 saturated carbocycles. The van der Waals surface area contributed by atoms with Crippen molar-refractivity contribution in [3.05, 3.63) is 108 Å². The SMILES string of the molecule is CC(CO[Si](c1ccccc1)c1ccc(C(C)(C)C)cc1)Nc1nc2c(-c3cnn(C)c3)nc(-c3ccc(Cl)cc3)cn2n1. The van der Waals surface area contributed by atoms with Crippen LogP contribution in [0.3, 0.4) is 0 Å². The maximum Gasteiger partial charge on any atom is 0.282 e. The lowest BCUT2D eigenvalue weighted by Gasteiger charge is -2.22. The van der Waals surface area contributed by atoms with Gasteiger partial charge in [0.05, 0.1) is 24.7 Å². The monoisotopic (exact) mass is 620 g/mol. The minimum atomic E-state index is -1.47. The van der Waals surface area contributed by atoms with Crippen molar-refractivity contribution >= 4 is 42.6 Å². The van der Waals surface area contributed by atoms with E-state index in [0.717, 1.165) is 16.8 Å². The third kappa shape index (κ3) is 6.60. The molecule has 0 aliphatic carbocycles. The van der Waals surface area contributed by atoms with Crippen molar-refractivity contribution in [1.29, 1.82) is 0 Å². The van der Waals surface area contributed by atoms with Crippen LogP contribution in [0.25, 0.3) is 28.2 Å². The van der Waals surface area contributed by atoms with Crippen LogP contribution < -0.4 is 15.7 Å². The van der Waals surface area contributed by atoms with Crippen molar-refractivity contribution < 1.29 is 4.43 Å². The lowest BCUT2D eigenvalue weighted by molar-refractivity contribution is 0.317. The quantitative estimate of drug-likeness (QED) is 0.207. The highest BCUT2D eigenvalue weighted by molar-refractivity contribution is 6.80.